The molecule has 1 aliphatic heterocycles. The van der Waals surface area contributed by atoms with Gasteiger partial charge in [-0.1, -0.05) is 6.07 Å². The van der Waals surface area contributed by atoms with E-state index in [-0.39, 0.29) is 5.91 Å². The molecule has 0 bridgehead atoms. The van der Waals surface area contributed by atoms with Crippen molar-refractivity contribution in [3.05, 3.63) is 53.1 Å². The fourth-order valence-corrected chi connectivity index (χ4v) is 3.86. The van der Waals surface area contributed by atoms with Crippen molar-refractivity contribution in [2.75, 3.05) is 26.7 Å². The van der Waals surface area contributed by atoms with Gasteiger partial charge >= 0.3 is 0 Å². The molecule has 1 amide bonds. The first kappa shape index (κ1) is 18.6. The summed E-state index contributed by atoms with van der Waals surface area (Å²) in [5.74, 6) is 0.917. The number of hydrogen-bond acceptors (Lipinski definition) is 3. The molecule has 26 heavy (non-hydrogen) atoms. The molecule has 0 radical (unpaired) electrons. The number of nitrogens with one attached hydrogen (secondary N) is 1. The Morgan fingerprint density at radius 1 is 1.27 bits per heavy atom. The average molecular weight is 354 g/mol. The lowest BCUT2D eigenvalue weighted by Gasteiger charge is -2.32. The summed E-state index contributed by atoms with van der Waals surface area (Å²) in [6.07, 6.45) is 5.24. The number of aryl methyl sites for hydroxylation is 1. The summed E-state index contributed by atoms with van der Waals surface area (Å²) >= 11 is 0. The molecule has 1 aliphatic rings. The first-order valence-corrected chi connectivity index (χ1v) is 9.60. The molecule has 5 nitrogen and oxygen atoms in total. The quantitative estimate of drug-likeness (QED) is 0.867. The van der Waals surface area contributed by atoms with Crippen LogP contribution < -0.4 is 5.32 Å². The number of amides is 1. The van der Waals surface area contributed by atoms with Crippen LogP contribution in [-0.2, 0) is 6.54 Å². The third-order valence-electron chi connectivity index (χ3n) is 5.55. The van der Waals surface area contributed by atoms with E-state index >= 15 is 0 Å². The highest BCUT2D eigenvalue weighted by Gasteiger charge is 2.26. The minimum atomic E-state index is 0.178. The zero-order valence-corrected chi connectivity index (χ0v) is 16.2. The van der Waals surface area contributed by atoms with Crippen LogP contribution in [0.15, 0.2) is 30.5 Å². The lowest BCUT2D eigenvalue weighted by Crippen LogP contribution is -2.39. The molecule has 2 aromatic heterocycles. The van der Waals surface area contributed by atoms with Gasteiger partial charge in [-0.05, 0) is 70.8 Å². The van der Waals surface area contributed by atoms with Crippen LogP contribution in [0.5, 0.6) is 0 Å². The van der Waals surface area contributed by atoms with E-state index in [1.165, 1.54) is 6.42 Å². The van der Waals surface area contributed by atoms with Gasteiger partial charge in [-0.3, -0.25) is 9.78 Å². The maximum atomic E-state index is 13.0. The Labute approximate surface area is 156 Å². The Bertz CT molecular complexity index is 730. The molecule has 3 rings (SSSR count). The lowest BCUT2D eigenvalue weighted by atomic mass is 9.93. The first-order valence-electron chi connectivity index (χ1n) is 9.60. The van der Waals surface area contributed by atoms with Gasteiger partial charge in [0.15, 0.2) is 0 Å². The van der Waals surface area contributed by atoms with Crippen LogP contribution >= 0.6 is 0 Å². The number of nitrogens with zero attached hydrogens (tertiary/aromatic N) is 3. The average Bonchev–Trinajstić information content (AvgIpc) is 2.95. The minimum absolute atomic E-state index is 0.178. The number of carbonyl (C=O) groups excluding carboxylic acids is 1. The fraction of sp³-hybridized carbons (Fsp3) is 0.524. The van der Waals surface area contributed by atoms with E-state index in [4.69, 9.17) is 0 Å². The molecule has 0 atom stereocenters. The number of aromatic nitrogens is 2. The van der Waals surface area contributed by atoms with Crippen LogP contribution in [0.2, 0.25) is 0 Å². The first-order chi connectivity index (χ1) is 12.6. The molecule has 0 aromatic carbocycles. The number of pyridine rings is 1. The highest BCUT2D eigenvalue weighted by molar-refractivity contribution is 5.95. The van der Waals surface area contributed by atoms with Crippen LogP contribution in [0, 0.1) is 19.8 Å². The molecular formula is C21H30N4O. The zero-order valence-electron chi connectivity index (χ0n) is 16.2. The summed E-state index contributed by atoms with van der Waals surface area (Å²) in [4.78, 5) is 19.5. The monoisotopic (exact) mass is 354 g/mol. The summed E-state index contributed by atoms with van der Waals surface area (Å²) in [5.41, 5.74) is 4.00. The summed E-state index contributed by atoms with van der Waals surface area (Å²) in [7, 11) is 2.00. The van der Waals surface area contributed by atoms with Crippen molar-refractivity contribution in [3.63, 3.8) is 0 Å². The third-order valence-corrected chi connectivity index (χ3v) is 5.55. The van der Waals surface area contributed by atoms with E-state index in [1.54, 1.807) is 0 Å². The molecule has 1 fully saturated rings. The van der Waals surface area contributed by atoms with Gasteiger partial charge < -0.3 is 14.8 Å². The van der Waals surface area contributed by atoms with Crippen LogP contribution in [-0.4, -0.2) is 47.0 Å². The van der Waals surface area contributed by atoms with Gasteiger partial charge in [-0.25, -0.2) is 0 Å². The van der Waals surface area contributed by atoms with Gasteiger partial charge in [-0.15, -0.1) is 0 Å². The Morgan fingerprint density at radius 3 is 2.69 bits per heavy atom. The Kier molecular flexibility index (Phi) is 6.09. The Balaban J connectivity index is 1.68. The highest BCUT2D eigenvalue weighted by atomic mass is 16.2. The summed E-state index contributed by atoms with van der Waals surface area (Å²) in [6.45, 7) is 7.62. The molecule has 140 valence electrons. The van der Waals surface area contributed by atoms with Gasteiger partial charge in [0.1, 0.15) is 0 Å². The third kappa shape index (κ3) is 4.15. The molecule has 0 spiro atoms. The minimum Gasteiger partial charge on any atom is -0.342 e. The van der Waals surface area contributed by atoms with Crippen molar-refractivity contribution in [2.24, 2.45) is 5.92 Å². The maximum absolute atomic E-state index is 13.0. The zero-order chi connectivity index (χ0) is 18.5. The number of rotatable bonds is 6. The molecule has 0 aliphatic carbocycles. The Morgan fingerprint density at radius 2 is 2.04 bits per heavy atom. The number of hydrogen-bond donors (Lipinski definition) is 1. The highest BCUT2D eigenvalue weighted by Crippen LogP contribution is 2.24. The standard InChI is InChI=1S/C21H30N4O/c1-16-14-20(17(2)25(16)15-19-6-4-5-10-23-19)21(26)24-12-8-18(9-13-24)7-11-22-3/h4-6,10,14,18,22H,7-9,11-13,15H2,1-3H3. The smallest absolute Gasteiger partial charge is 0.255 e. The summed E-state index contributed by atoms with van der Waals surface area (Å²) in [5, 5.41) is 3.22. The van der Waals surface area contributed by atoms with E-state index in [9.17, 15) is 4.79 Å². The second kappa shape index (κ2) is 8.49. The van der Waals surface area contributed by atoms with Gasteiger partial charge in [0.25, 0.3) is 5.91 Å². The second-order valence-corrected chi connectivity index (χ2v) is 7.32. The predicted molar refractivity (Wildman–Crippen MR) is 104 cm³/mol. The SMILES string of the molecule is CNCCC1CCN(C(=O)c2cc(C)n(Cc3ccccn3)c2C)CC1. The maximum Gasteiger partial charge on any atom is 0.255 e. The lowest BCUT2D eigenvalue weighted by molar-refractivity contribution is 0.0686. The molecule has 5 heteroatoms. The number of likely N-dealkylation sites (tertiary alicyclic amines) is 1. The number of piperidine rings is 1. The molecule has 3 heterocycles. The van der Waals surface area contributed by atoms with E-state index in [0.717, 1.165) is 61.0 Å². The van der Waals surface area contributed by atoms with Crippen molar-refractivity contribution in [1.29, 1.82) is 0 Å². The summed E-state index contributed by atoms with van der Waals surface area (Å²) in [6, 6.07) is 7.98. The van der Waals surface area contributed by atoms with E-state index < -0.39 is 0 Å². The van der Waals surface area contributed by atoms with Gasteiger partial charge in [0, 0.05) is 30.7 Å². The molecule has 2 aromatic rings. The largest absolute Gasteiger partial charge is 0.342 e. The van der Waals surface area contributed by atoms with Crippen molar-refractivity contribution >= 4 is 5.91 Å². The van der Waals surface area contributed by atoms with Gasteiger partial charge in [0.05, 0.1) is 17.8 Å². The van der Waals surface area contributed by atoms with Crippen molar-refractivity contribution < 1.29 is 4.79 Å². The van der Waals surface area contributed by atoms with Crippen LogP contribution in [0.4, 0.5) is 0 Å². The fourth-order valence-electron chi connectivity index (χ4n) is 3.86. The van der Waals surface area contributed by atoms with Crippen molar-refractivity contribution in [3.8, 4) is 0 Å². The Hall–Kier alpha value is -2.14. The molecule has 0 unspecified atom stereocenters. The van der Waals surface area contributed by atoms with E-state index in [0.29, 0.717) is 6.54 Å². The second-order valence-electron chi connectivity index (χ2n) is 7.32. The predicted octanol–water partition coefficient (Wildman–Crippen LogP) is 3.01. The van der Waals surface area contributed by atoms with Gasteiger partial charge in [-0.2, -0.15) is 0 Å². The molecule has 0 saturated carbocycles. The van der Waals surface area contributed by atoms with E-state index in [2.05, 4.69) is 21.8 Å². The number of carbonyl (C=O) groups is 1. The van der Waals surface area contributed by atoms with Crippen LogP contribution in [0.25, 0.3) is 0 Å². The van der Waals surface area contributed by atoms with Gasteiger partial charge in [0.2, 0.25) is 0 Å². The normalized spacial score (nSPS) is 15.4. The molecular weight excluding hydrogens is 324 g/mol. The summed E-state index contributed by atoms with van der Waals surface area (Å²) < 4.78 is 2.19. The van der Waals surface area contributed by atoms with Crippen LogP contribution in [0.1, 0.15) is 46.7 Å². The topological polar surface area (TPSA) is 50.2 Å². The molecule has 1 N–H and O–H groups in total. The van der Waals surface area contributed by atoms with Crippen molar-refractivity contribution in [2.45, 2.75) is 39.7 Å². The molecule has 1 saturated heterocycles. The van der Waals surface area contributed by atoms with Crippen molar-refractivity contribution in [1.82, 2.24) is 19.8 Å². The van der Waals surface area contributed by atoms with E-state index in [1.807, 2.05) is 49.3 Å². The van der Waals surface area contributed by atoms with Crippen LogP contribution in [0.3, 0.4) is 0 Å².